The number of allylic oxidation sites excluding steroid dienone is 1. The lowest BCUT2D eigenvalue weighted by atomic mass is 10.1. The highest BCUT2D eigenvalue weighted by Crippen LogP contribution is 2.27. The molecule has 2 aromatic carbocycles. The van der Waals surface area contributed by atoms with Crippen molar-refractivity contribution in [2.75, 3.05) is 0 Å². The zero-order valence-electron chi connectivity index (χ0n) is 11.9. The van der Waals surface area contributed by atoms with Gasteiger partial charge in [0, 0.05) is 29.3 Å². The molecule has 1 aliphatic carbocycles. The van der Waals surface area contributed by atoms with Gasteiger partial charge in [0.2, 0.25) is 0 Å². The summed E-state index contributed by atoms with van der Waals surface area (Å²) in [6.45, 7) is 0. The lowest BCUT2D eigenvalue weighted by Crippen LogP contribution is -1.94. The third kappa shape index (κ3) is 2.17. The largest absolute Gasteiger partial charge is 0.289 e. The molecule has 106 valence electrons. The predicted octanol–water partition coefficient (Wildman–Crippen LogP) is 3.69. The van der Waals surface area contributed by atoms with Gasteiger partial charge in [0.15, 0.2) is 5.78 Å². The molecule has 0 radical (unpaired) electrons. The molecule has 22 heavy (non-hydrogen) atoms. The van der Waals surface area contributed by atoms with Crippen LogP contribution in [0.25, 0.3) is 11.8 Å². The molecule has 0 atom stereocenters. The predicted molar refractivity (Wildman–Crippen MR) is 86.0 cm³/mol. The van der Waals surface area contributed by atoms with Crippen molar-refractivity contribution in [1.82, 2.24) is 9.78 Å². The van der Waals surface area contributed by atoms with Gasteiger partial charge in [-0.05, 0) is 23.8 Å². The fourth-order valence-corrected chi connectivity index (χ4v) is 2.81. The average molecular weight is 286 g/mol. The van der Waals surface area contributed by atoms with E-state index >= 15 is 0 Å². The lowest BCUT2D eigenvalue weighted by Gasteiger charge is -1.98. The Morgan fingerprint density at radius 2 is 1.77 bits per heavy atom. The molecule has 0 unspecified atom stereocenters. The van der Waals surface area contributed by atoms with Crippen LogP contribution in [0.2, 0.25) is 0 Å². The van der Waals surface area contributed by atoms with Gasteiger partial charge in [-0.2, -0.15) is 5.10 Å². The van der Waals surface area contributed by atoms with Crippen molar-refractivity contribution in [3.05, 3.63) is 89.3 Å². The summed E-state index contributed by atoms with van der Waals surface area (Å²) in [5.74, 6) is 0.128. The number of ketones is 1. The van der Waals surface area contributed by atoms with Gasteiger partial charge in [-0.1, -0.05) is 42.5 Å². The standard InChI is InChI=1S/C19H14N2O/c22-19-16(11-15-6-4-5-9-18(15)19)10-14-12-20-21(13-14)17-7-2-1-3-8-17/h1-10,12-13H,11H2. The van der Waals surface area contributed by atoms with E-state index < -0.39 is 0 Å². The number of carbonyl (C=O) groups is 1. The molecule has 0 N–H and O–H groups in total. The SMILES string of the molecule is O=C1C(=Cc2cnn(-c3ccccc3)c2)Cc2ccccc21. The molecule has 4 rings (SSSR count). The molecule has 0 spiro atoms. The first-order chi connectivity index (χ1) is 10.8. The Morgan fingerprint density at radius 1 is 1.00 bits per heavy atom. The van der Waals surface area contributed by atoms with Crippen LogP contribution in [0, 0.1) is 0 Å². The number of nitrogens with zero attached hydrogens (tertiary/aromatic N) is 2. The van der Waals surface area contributed by atoms with Gasteiger partial charge in [-0.3, -0.25) is 4.79 Å². The summed E-state index contributed by atoms with van der Waals surface area (Å²) in [6.07, 6.45) is 6.37. The van der Waals surface area contributed by atoms with Gasteiger partial charge in [-0.15, -0.1) is 0 Å². The zero-order chi connectivity index (χ0) is 14.9. The Kier molecular flexibility index (Phi) is 2.97. The monoisotopic (exact) mass is 286 g/mol. The number of fused-ring (bicyclic) bond motifs is 1. The van der Waals surface area contributed by atoms with Crippen molar-refractivity contribution in [2.24, 2.45) is 0 Å². The summed E-state index contributed by atoms with van der Waals surface area (Å²) in [5, 5.41) is 4.36. The minimum Gasteiger partial charge on any atom is -0.289 e. The van der Waals surface area contributed by atoms with Gasteiger partial charge in [-0.25, -0.2) is 4.68 Å². The number of benzene rings is 2. The van der Waals surface area contributed by atoms with Crippen LogP contribution in [0.1, 0.15) is 21.5 Å². The van der Waals surface area contributed by atoms with E-state index in [0.717, 1.165) is 28.0 Å². The van der Waals surface area contributed by atoms with Crippen molar-refractivity contribution >= 4 is 11.9 Å². The molecule has 0 saturated carbocycles. The zero-order valence-corrected chi connectivity index (χ0v) is 11.9. The van der Waals surface area contributed by atoms with E-state index in [1.54, 1.807) is 6.20 Å². The fraction of sp³-hybridized carbons (Fsp3) is 0.0526. The number of aromatic nitrogens is 2. The summed E-state index contributed by atoms with van der Waals surface area (Å²) in [5.41, 5.74) is 4.71. The average Bonchev–Trinajstić information content (AvgIpc) is 3.15. The molecule has 0 saturated heterocycles. The van der Waals surface area contributed by atoms with Crippen LogP contribution in [-0.2, 0) is 6.42 Å². The molecule has 0 aliphatic heterocycles. The van der Waals surface area contributed by atoms with Crippen molar-refractivity contribution in [1.29, 1.82) is 0 Å². The van der Waals surface area contributed by atoms with E-state index in [-0.39, 0.29) is 5.78 Å². The number of hydrogen-bond donors (Lipinski definition) is 0. The number of para-hydroxylation sites is 1. The van der Waals surface area contributed by atoms with Crippen molar-refractivity contribution in [2.45, 2.75) is 6.42 Å². The third-order valence-electron chi connectivity index (χ3n) is 3.90. The molecule has 3 nitrogen and oxygen atoms in total. The van der Waals surface area contributed by atoms with Crippen LogP contribution in [0.3, 0.4) is 0 Å². The Hall–Kier alpha value is -2.94. The first kappa shape index (κ1) is 12.8. The van der Waals surface area contributed by atoms with E-state index in [9.17, 15) is 4.79 Å². The summed E-state index contributed by atoms with van der Waals surface area (Å²) in [7, 11) is 0. The topological polar surface area (TPSA) is 34.9 Å². The summed E-state index contributed by atoms with van der Waals surface area (Å²) < 4.78 is 1.82. The van der Waals surface area contributed by atoms with Crippen LogP contribution in [0.15, 0.2) is 72.6 Å². The maximum Gasteiger partial charge on any atom is 0.189 e. The number of hydrogen-bond acceptors (Lipinski definition) is 2. The molecule has 3 heteroatoms. The molecule has 0 bridgehead atoms. The minimum atomic E-state index is 0.128. The number of carbonyl (C=O) groups excluding carboxylic acids is 1. The molecule has 1 aromatic heterocycles. The second-order valence-corrected chi connectivity index (χ2v) is 5.39. The summed E-state index contributed by atoms with van der Waals surface area (Å²) in [6, 6.07) is 17.7. The van der Waals surface area contributed by atoms with Crippen molar-refractivity contribution < 1.29 is 4.79 Å². The van der Waals surface area contributed by atoms with Crippen LogP contribution in [-0.4, -0.2) is 15.6 Å². The first-order valence-electron chi connectivity index (χ1n) is 7.24. The molecule has 0 amide bonds. The molecular weight excluding hydrogens is 272 g/mol. The Labute approximate surface area is 128 Å². The summed E-state index contributed by atoms with van der Waals surface area (Å²) >= 11 is 0. The van der Waals surface area contributed by atoms with Gasteiger partial charge in [0.25, 0.3) is 0 Å². The van der Waals surface area contributed by atoms with Crippen molar-refractivity contribution in [3.8, 4) is 5.69 Å². The molecule has 1 aliphatic rings. The normalized spacial score (nSPS) is 15.3. The van der Waals surface area contributed by atoms with Gasteiger partial charge in [0.05, 0.1) is 11.9 Å². The second kappa shape index (κ2) is 5.11. The van der Waals surface area contributed by atoms with E-state index in [0.29, 0.717) is 6.42 Å². The maximum absolute atomic E-state index is 12.4. The van der Waals surface area contributed by atoms with E-state index in [1.807, 2.05) is 71.6 Å². The second-order valence-electron chi connectivity index (χ2n) is 5.39. The Bertz CT molecular complexity index is 875. The van der Waals surface area contributed by atoms with E-state index in [2.05, 4.69) is 5.10 Å². The first-order valence-corrected chi connectivity index (χ1v) is 7.24. The highest BCUT2D eigenvalue weighted by atomic mass is 16.1. The minimum absolute atomic E-state index is 0.128. The van der Waals surface area contributed by atoms with Gasteiger partial charge < -0.3 is 0 Å². The molecule has 3 aromatic rings. The number of rotatable bonds is 2. The smallest absolute Gasteiger partial charge is 0.189 e. The quantitative estimate of drug-likeness (QED) is 0.673. The molecule has 1 heterocycles. The third-order valence-corrected chi connectivity index (χ3v) is 3.90. The van der Waals surface area contributed by atoms with Crippen LogP contribution < -0.4 is 0 Å². The van der Waals surface area contributed by atoms with E-state index in [4.69, 9.17) is 0 Å². The van der Waals surface area contributed by atoms with Crippen LogP contribution in [0.5, 0.6) is 0 Å². The maximum atomic E-state index is 12.4. The highest BCUT2D eigenvalue weighted by molar-refractivity contribution is 6.15. The Balaban J connectivity index is 1.65. The van der Waals surface area contributed by atoms with Gasteiger partial charge >= 0.3 is 0 Å². The number of Topliss-reactive ketones (excluding diaryl/α,β-unsaturated/α-hetero) is 1. The van der Waals surface area contributed by atoms with Crippen LogP contribution in [0.4, 0.5) is 0 Å². The highest BCUT2D eigenvalue weighted by Gasteiger charge is 2.23. The van der Waals surface area contributed by atoms with Gasteiger partial charge in [0.1, 0.15) is 0 Å². The molecular formula is C19H14N2O. The molecule has 0 fully saturated rings. The fourth-order valence-electron chi connectivity index (χ4n) is 2.81. The lowest BCUT2D eigenvalue weighted by molar-refractivity contribution is 0.104. The van der Waals surface area contributed by atoms with Crippen molar-refractivity contribution in [3.63, 3.8) is 0 Å². The van der Waals surface area contributed by atoms with Crippen LogP contribution >= 0.6 is 0 Å². The summed E-state index contributed by atoms with van der Waals surface area (Å²) in [4.78, 5) is 12.4. The van der Waals surface area contributed by atoms with E-state index in [1.165, 1.54) is 0 Å². The Morgan fingerprint density at radius 3 is 2.59 bits per heavy atom.